The lowest BCUT2D eigenvalue weighted by Gasteiger charge is -2.30. The normalized spacial score (nSPS) is 15.8. The number of rotatable bonds is 8. The van der Waals surface area contributed by atoms with Crippen LogP contribution in [-0.4, -0.2) is 51.2 Å². The summed E-state index contributed by atoms with van der Waals surface area (Å²) in [5.41, 5.74) is -0.0468. The third-order valence-electron chi connectivity index (χ3n) is 2.72. The minimum Gasteiger partial charge on any atom is -0.393 e. The lowest BCUT2D eigenvalue weighted by atomic mass is 9.87. The van der Waals surface area contributed by atoms with Crippen molar-refractivity contribution in [2.75, 3.05) is 13.2 Å². The first-order valence-corrected chi connectivity index (χ1v) is 5.62. The summed E-state index contributed by atoms with van der Waals surface area (Å²) in [4.78, 5) is 15.7. The van der Waals surface area contributed by atoms with Crippen LogP contribution in [0.1, 0.15) is 5.56 Å². The minimum absolute atomic E-state index is 0.0935. The number of hydrogen-bond donors (Lipinski definition) is 5. The van der Waals surface area contributed by atoms with Crippen molar-refractivity contribution < 1.29 is 30.2 Å². The molecule has 0 aliphatic rings. The average Bonchev–Trinajstić information content (AvgIpc) is 2.44. The Morgan fingerprint density at radius 3 is 2.53 bits per heavy atom. The average molecular weight is 271 g/mol. The van der Waals surface area contributed by atoms with Gasteiger partial charge in [-0.05, 0) is 5.56 Å². The number of carbonyl (C=O) groups is 1. The second-order valence-corrected chi connectivity index (χ2v) is 4.17. The third kappa shape index (κ3) is 4.35. The monoisotopic (exact) mass is 271 g/mol. The van der Waals surface area contributed by atoms with Crippen molar-refractivity contribution >= 4 is 5.78 Å². The van der Waals surface area contributed by atoms with Gasteiger partial charge in [-0.1, -0.05) is 36.0 Å². The molecule has 0 aliphatic carbocycles. The second-order valence-electron chi connectivity index (χ2n) is 4.17. The molecule has 106 valence electrons. The molecule has 0 aromatic heterocycles. The predicted molar refractivity (Wildman–Crippen MR) is 64.1 cm³/mol. The van der Waals surface area contributed by atoms with Crippen LogP contribution in [0.15, 0.2) is 30.3 Å². The molecule has 0 bridgehead atoms. The van der Waals surface area contributed by atoms with E-state index in [0.717, 1.165) is 0 Å². The molecule has 7 heteroatoms. The van der Waals surface area contributed by atoms with Crippen LogP contribution in [0.25, 0.3) is 0 Å². The quantitative estimate of drug-likeness (QED) is 0.376. The SMILES string of the molecule is O=C(CONO)C(O)C(O)(CO)Cc1ccccc1. The molecule has 2 unspecified atom stereocenters. The number of benzene rings is 1. The fraction of sp³-hybridized carbons (Fsp3) is 0.417. The van der Waals surface area contributed by atoms with Crippen LogP contribution in [0.3, 0.4) is 0 Å². The number of carbonyl (C=O) groups excluding carboxylic acids is 1. The van der Waals surface area contributed by atoms with Gasteiger partial charge in [0.2, 0.25) is 0 Å². The summed E-state index contributed by atoms with van der Waals surface area (Å²) in [6, 6.07) is 8.65. The Bertz CT molecular complexity index is 398. The van der Waals surface area contributed by atoms with Crippen molar-refractivity contribution in [2.45, 2.75) is 18.1 Å². The molecule has 0 radical (unpaired) electrons. The number of nitrogens with one attached hydrogen (secondary N) is 1. The Morgan fingerprint density at radius 2 is 2.00 bits per heavy atom. The molecule has 0 saturated carbocycles. The largest absolute Gasteiger partial charge is 0.393 e. The van der Waals surface area contributed by atoms with Crippen LogP contribution in [0.2, 0.25) is 0 Å². The van der Waals surface area contributed by atoms with Crippen molar-refractivity contribution in [3.05, 3.63) is 35.9 Å². The van der Waals surface area contributed by atoms with Gasteiger partial charge in [0.1, 0.15) is 18.3 Å². The van der Waals surface area contributed by atoms with Gasteiger partial charge in [-0.3, -0.25) is 14.8 Å². The maximum absolute atomic E-state index is 11.5. The fourth-order valence-corrected chi connectivity index (χ4v) is 1.67. The molecule has 0 aliphatic heterocycles. The van der Waals surface area contributed by atoms with Gasteiger partial charge >= 0.3 is 0 Å². The topological polar surface area (TPSA) is 119 Å². The molecule has 1 aromatic carbocycles. The van der Waals surface area contributed by atoms with Crippen molar-refractivity contribution in [3.8, 4) is 0 Å². The molecule has 0 fully saturated rings. The smallest absolute Gasteiger partial charge is 0.192 e. The third-order valence-corrected chi connectivity index (χ3v) is 2.72. The zero-order valence-corrected chi connectivity index (χ0v) is 10.2. The molecular formula is C12H17NO6. The molecule has 0 amide bonds. The van der Waals surface area contributed by atoms with Gasteiger partial charge in [0.15, 0.2) is 5.78 Å². The van der Waals surface area contributed by atoms with Crippen molar-refractivity contribution in [1.82, 2.24) is 5.64 Å². The summed E-state index contributed by atoms with van der Waals surface area (Å²) < 4.78 is 0. The van der Waals surface area contributed by atoms with E-state index in [1.807, 2.05) is 0 Å². The van der Waals surface area contributed by atoms with E-state index in [1.165, 1.54) is 5.64 Å². The summed E-state index contributed by atoms with van der Waals surface area (Å²) in [7, 11) is 0. The number of ketones is 1. The Kier molecular flexibility index (Phi) is 6.03. The first-order chi connectivity index (χ1) is 9.03. The zero-order chi connectivity index (χ0) is 14.3. The summed E-state index contributed by atoms with van der Waals surface area (Å²) >= 11 is 0. The number of Topliss-reactive ketones (excluding diaryl/α,β-unsaturated/α-hetero) is 1. The van der Waals surface area contributed by atoms with Crippen LogP contribution in [0, 0.1) is 0 Å². The molecule has 7 nitrogen and oxygen atoms in total. The van der Waals surface area contributed by atoms with Crippen LogP contribution in [-0.2, 0) is 16.1 Å². The van der Waals surface area contributed by atoms with E-state index in [2.05, 4.69) is 4.84 Å². The fourth-order valence-electron chi connectivity index (χ4n) is 1.67. The minimum atomic E-state index is -2.00. The van der Waals surface area contributed by atoms with Gasteiger partial charge in [0, 0.05) is 6.42 Å². The molecular weight excluding hydrogens is 254 g/mol. The molecule has 2 atom stereocenters. The standard InChI is InChI=1S/C12H17NO6/c14-8-12(17,6-9-4-2-1-3-5-9)11(16)10(15)7-19-13-18/h1-5,11,13-14,16-18H,6-8H2. The number of aliphatic hydroxyl groups excluding tert-OH is 2. The Balaban J connectivity index is 2.76. The van der Waals surface area contributed by atoms with Gasteiger partial charge < -0.3 is 15.3 Å². The van der Waals surface area contributed by atoms with Gasteiger partial charge in [-0.15, -0.1) is 0 Å². The Morgan fingerprint density at radius 1 is 1.37 bits per heavy atom. The zero-order valence-electron chi connectivity index (χ0n) is 10.2. The van der Waals surface area contributed by atoms with E-state index in [9.17, 15) is 20.1 Å². The van der Waals surface area contributed by atoms with Crippen LogP contribution < -0.4 is 5.64 Å². The highest BCUT2D eigenvalue weighted by atomic mass is 16.8. The lowest BCUT2D eigenvalue weighted by molar-refractivity contribution is -0.170. The molecule has 19 heavy (non-hydrogen) atoms. The highest BCUT2D eigenvalue weighted by Gasteiger charge is 2.39. The highest BCUT2D eigenvalue weighted by Crippen LogP contribution is 2.18. The van der Waals surface area contributed by atoms with Crippen LogP contribution in [0.4, 0.5) is 0 Å². The van der Waals surface area contributed by atoms with Gasteiger partial charge in [-0.2, -0.15) is 0 Å². The summed E-state index contributed by atoms with van der Waals surface area (Å²) in [5, 5.41) is 37.3. The molecule has 1 rings (SSSR count). The Labute approximate surface area is 110 Å². The summed E-state index contributed by atoms with van der Waals surface area (Å²) in [6.07, 6.45) is -1.92. The van der Waals surface area contributed by atoms with E-state index in [1.54, 1.807) is 30.3 Å². The maximum atomic E-state index is 11.5. The van der Waals surface area contributed by atoms with E-state index < -0.39 is 30.7 Å². The van der Waals surface area contributed by atoms with Crippen LogP contribution in [0.5, 0.6) is 0 Å². The van der Waals surface area contributed by atoms with E-state index >= 15 is 0 Å². The molecule has 0 heterocycles. The van der Waals surface area contributed by atoms with E-state index in [4.69, 9.17) is 5.21 Å². The number of hydrogen-bond acceptors (Lipinski definition) is 7. The van der Waals surface area contributed by atoms with Gasteiger partial charge in [0.25, 0.3) is 0 Å². The first-order valence-electron chi connectivity index (χ1n) is 5.62. The van der Waals surface area contributed by atoms with Crippen molar-refractivity contribution in [2.24, 2.45) is 0 Å². The molecule has 0 spiro atoms. The molecule has 5 N–H and O–H groups in total. The van der Waals surface area contributed by atoms with E-state index in [-0.39, 0.29) is 6.42 Å². The van der Waals surface area contributed by atoms with Crippen LogP contribution >= 0.6 is 0 Å². The summed E-state index contributed by atoms with van der Waals surface area (Å²) in [5.74, 6) is -0.867. The Hall–Kier alpha value is -1.35. The first kappa shape index (κ1) is 15.7. The van der Waals surface area contributed by atoms with E-state index in [0.29, 0.717) is 5.56 Å². The molecule has 1 aromatic rings. The number of aliphatic hydroxyl groups is 3. The lowest BCUT2D eigenvalue weighted by Crippen LogP contribution is -2.52. The highest BCUT2D eigenvalue weighted by molar-refractivity contribution is 5.85. The van der Waals surface area contributed by atoms with Gasteiger partial charge in [0.05, 0.1) is 6.61 Å². The maximum Gasteiger partial charge on any atom is 0.192 e. The van der Waals surface area contributed by atoms with Crippen molar-refractivity contribution in [1.29, 1.82) is 0 Å². The summed E-state index contributed by atoms with van der Waals surface area (Å²) in [6.45, 7) is -1.43. The van der Waals surface area contributed by atoms with Crippen molar-refractivity contribution in [3.63, 3.8) is 0 Å². The predicted octanol–water partition coefficient (Wildman–Crippen LogP) is -1.21. The second kappa shape index (κ2) is 7.29. The molecule has 0 saturated heterocycles. The van der Waals surface area contributed by atoms with Gasteiger partial charge in [-0.25, -0.2) is 0 Å².